The Bertz CT molecular complexity index is 160. The number of piperidine rings is 1. The van der Waals surface area contributed by atoms with E-state index in [-0.39, 0.29) is 5.54 Å². The molecule has 1 aliphatic heterocycles. The zero-order chi connectivity index (χ0) is 8.22. The van der Waals surface area contributed by atoms with Gasteiger partial charge in [-0.1, -0.05) is 0 Å². The molecule has 0 spiro atoms. The van der Waals surface area contributed by atoms with Crippen LogP contribution in [0.1, 0.15) is 20.8 Å². The predicted octanol–water partition coefficient (Wildman–Crippen LogP) is 0.674. The Hall–Kier alpha value is -0.0800. The molecule has 0 aromatic carbocycles. The number of hydrogen-bond donors (Lipinski definition) is 1. The highest BCUT2D eigenvalue weighted by Gasteiger charge is 2.62. The summed E-state index contributed by atoms with van der Waals surface area (Å²) in [7, 11) is 0. The van der Waals surface area contributed by atoms with Crippen LogP contribution < -0.4 is 5.73 Å². The molecule has 0 radical (unpaired) electrons. The van der Waals surface area contributed by atoms with Gasteiger partial charge in [0.2, 0.25) is 0 Å². The standard InChI is InChI=1S/C9H18N2/c1-6(2)11-4-7-8(5-11)9(7,3)10/h6-8H,4-5,10H2,1-3H3/t7-,8+,9-. The molecule has 1 heterocycles. The molecule has 2 rings (SSSR count). The van der Waals surface area contributed by atoms with Crippen molar-refractivity contribution < 1.29 is 0 Å². The Kier molecular flexibility index (Phi) is 1.37. The number of hydrogen-bond acceptors (Lipinski definition) is 2. The van der Waals surface area contributed by atoms with Crippen molar-refractivity contribution in [2.24, 2.45) is 17.6 Å². The Balaban J connectivity index is 1.95. The molecule has 64 valence electrons. The van der Waals surface area contributed by atoms with Gasteiger partial charge in [0.15, 0.2) is 0 Å². The van der Waals surface area contributed by atoms with Crippen LogP contribution >= 0.6 is 0 Å². The van der Waals surface area contributed by atoms with E-state index in [2.05, 4.69) is 25.7 Å². The van der Waals surface area contributed by atoms with Crippen molar-refractivity contribution >= 4 is 0 Å². The molecule has 1 saturated heterocycles. The normalized spacial score (nSPS) is 49.9. The van der Waals surface area contributed by atoms with E-state index >= 15 is 0 Å². The summed E-state index contributed by atoms with van der Waals surface area (Å²) in [6, 6.07) is 0.707. The zero-order valence-corrected chi connectivity index (χ0v) is 7.67. The molecule has 0 amide bonds. The van der Waals surface area contributed by atoms with Crippen LogP contribution in [0.25, 0.3) is 0 Å². The summed E-state index contributed by atoms with van der Waals surface area (Å²) >= 11 is 0. The Morgan fingerprint density at radius 1 is 1.36 bits per heavy atom. The van der Waals surface area contributed by atoms with E-state index < -0.39 is 0 Å². The van der Waals surface area contributed by atoms with Gasteiger partial charge in [0, 0.05) is 24.7 Å². The first-order chi connectivity index (χ1) is 5.03. The van der Waals surface area contributed by atoms with E-state index in [4.69, 9.17) is 5.73 Å². The van der Waals surface area contributed by atoms with E-state index in [1.54, 1.807) is 0 Å². The van der Waals surface area contributed by atoms with E-state index in [1.807, 2.05) is 0 Å². The van der Waals surface area contributed by atoms with Gasteiger partial charge >= 0.3 is 0 Å². The lowest BCUT2D eigenvalue weighted by atomic mass is 10.2. The van der Waals surface area contributed by atoms with Gasteiger partial charge in [-0.3, -0.25) is 0 Å². The van der Waals surface area contributed by atoms with Gasteiger partial charge in [0.05, 0.1) is 0 Å². The largest absolute Gasteiger partial charge is 0.325 e. The fraction of sp³-hybridized carbons (Fsp3) is 1.00. The van der Waals surface area contributed by atoms with Crippen LogP contribution in [0.15, 0.2) is 0 Å². The molecular weight excluding hydrogens is 136 g/mol. The number of nitrogens with two attached hydrogens (primary N) is 1. The van der Waals surface area contributed by atoms with E-state index in [1.165, 1.54) is 13.1 Å². The zero-order valence-electron chi connectivity index (χ0n) is 7.67. The molecule has 2 nitrogen and oxygen atoms in total. The van der Waals surface area contributed by atoms with Crippen molar-refractivity contribution in [1.82, 2.24) is 4.90 Å². The number of likely N-dealkylation sites (tertiary alicyclic amines) is 1. The molecule has 1 aliphatic carbocycles. The molecule has 11 heavy (non-hydrogen) atoms. The fourth-order valence-electron chi connectivity index (χ4n) is 2.37. The molecule has 2 fully saturated rings. The minimum absolute atomic E-state index is 0.186. The van der Waals surface area contributed by atoms with Gasteiger partial charge in [-0.05, 0) is 32.6 Å². The molecule has 0 aromatic rings. The molecule has 0 aromatic heterocycles. The van der Waals surface area contributed by atoms with Crippen molar-refractivity contribution in [2.45, 2.75) is 32.4 Å². The summed E-state index contributed by atoms with van der Waals surface area (Å²) in [4.78, 5) is 2.53. The van der Waals surface area contributed by atoms with Crippen LogP contribution in [0.3, 0.4) is 0 Å². The highest BCUT2D eigenvalue weighted by atomic mass is 15.2. The van der Waals surface area contributed by atoms with Crippen LogP contribution in [0.5, 0.6) is 0 Å². The Morgan fingerprint density at radius 3 is 2.18 bits per heavy atom. The predicted molar refractivity (Wildman–Crippen MR) is 46.3 cm³/mol. The SMILES string of the molecule is CC(C)N1C[C@@H]2[C@H](C1)[C@]2(C)N. The van der Waals surface area contributed by atoms with Gasteiger partial charge in [-0.25, -0.2) is 0 Å². The number of fused-ring (bicyclic) bond motifs is 1. The highest BCUT2D eigenvalue weighted by Crippen LogP contribution is 2.53. The number of rotatable bonds is 1. The van der Waals surface area contributed by atoms with Gasteiger partial charge in [-0.2, -0.15) is 0 Å². The second-order valence-electron chi connectivity index (χ2n) is 4.63. The van der Waals surface area contributed by atoms with Crippen molar-refractivity contribution in [3.63, 3.8) is 0 Å². The lowest BCUT2D eigenvalue weighted by Gasteiger charge is -2.25. The maximum atomic E-state index is 6.05. The lowest BCUT2D eigenvalue weighted by Crippen LogP contribution is -2.38. The maximum absolute atomic E-state index is 6.05. The van der Waals surface area contributed by atoms with Crippen molar-refractivity contribution in [3.05, 3.63) is 0 Å². The smallest absolute Gasteiger partial charge is 0.0215 e. The summed E-state index contributed by atoms with van der Waals surface area (Å²) in [6.45, 7) is 9.18. The third kappa shape index (κ3) is 0.926. The van der Waals surface area contributed by atoms with E-state index in [9.17, 15) is 0 Å². The summed E-state index contributed by atoms with van der Waals surface area (Å²) in [5.74, 6) is 1.59. The Labute approximate surface area is 68.7 Å². The average Bonchev–Trinajstić information content (AvgIpc) is 2.28. The van der Waals surface area contributed by atoms with Gasteiger partial charge in [0.1, 0.15) is 0 Å². The molecule has 2 aliphatic rings. The quantitative estimate of drug-likeness (QED) is 0.601. The first kappa shape index (κ1) is 7.56. The molecule has 3 atom stereocenters. The first-order valence-corrected chi connectivity index (χ1v) is 4.56. The fourth-order valence-corrected chi connectivity index (χ4v) is 2.37. The molecule has 0 unspecified atom stereocenters. The lowest BCUT2D eigenvalue weighted by molar-refractivity contribution is 0.229. The second kappa shape index (κ2) is 1.99. The van der Waals surface area contributed by atoms with Gasteiger partial charge in [0.25, 0.3) is 0 Å². The average molecular weight is 154 g/mol. The highest BCUT2D eigenvalue weighted by molar-refractivity contribution is 5.18. The summed E-state index contributed by atoms with van der Waals surface area (Å²) < 4.78 is 0. The summed E-state index contributed by atoms with van der Waals surface area (Å²) in [6.07, 6.45) is 0. The molecule has 2 heteroatoms. The van der Waals surface area contributed by atoms with E-state index in [0.717, 1.165) is 11.8 Å². The van der Waals surface area contributed by atoms with Crippen molar-refractivity contribution in [1.29, 1.82) is 0 Å². The third-order valence-electron chi connectivity index (χ3n) is 3.57. The topological polar surface area (TPSA) is 29.3 Å². The summed E-state index contributed by atoms with van der Waals surface area (Å²) in [5, 5.41) is 0. The van der Waals surface area contributed by atoms with Crippen molar-refractivity contribution in [3.8, 4) is 0 Å². The maximum Gasteiger partial charge on any atom is 0.0215 e. The van der Waals surface area contributed by atoms with Crippen LogP contribution in [0.2, 0.25) is 0 Å². The van der Waals surface area contributed by atoms with Gasteiger partial charge < -0.3 is 10.6 Å². The second-order valence-corrected chi connectivity index (χ2v) is 4.63. The first-order valence-electron chi connectivity index (χ1n) is 4.56. The van der Waals surface area contributed by atoms with Crippen LogP contribution in [0.4, 0.5) is 0 Å². The van der Waals surface area contributed by atoms with Crippen LogP contribution in [0, 0.1) is 11.8 Å². The molecule has 1 saturated carbocycles. The minimum atomic E-state index is 0.186. The minimum Gasteiger partial charge on any atom is -0.325 e. The van der Waals surface area contributed by atoms with E-state index in [0.29, 0.717) is 6.04 Å². The Morgan fingerprint density at radius 2 is 1.82 bits per heavy atom. The molecular formula is C9H18N2. The molecule has 0 bridgehead atoms. The van der Waals surface area contributed by atoms with Crippen LogP contribution in [-0.4, -0.2) is 29.6 Å². The van der Waals surface area contributed by atoms with Crippen molar-refractivity contribution in [2.75, 3.05) is 13.1 Å². The number of nitrogens with zero attached hydrogens (tertiary/aromatic N) is 1. The monoisotopic (exact) mass is 154 g/mol. The summed E-state index contributed by atoms with van der Waals surface area (Å²) in [5.41, 5.74) is 6.24. The van der Waals surface area contributed by atoms with Crippen LogP contribution in [-0.2, 0) is 0 Å². The molecule has 2 N–H and O–H groups in total. The van der Waals surface area contributed by atoms with Gasteiger partial charge in [-0.15, -0.1) is 0 Å². The third-order valence-corrected chi connectivity index (χ3v) is 3.57.